The minimum absolute atomic E-state index is 0.00646. The SMILES string of the molecule is N#Cc1ccccc1NC(=O)C(=O)NCC1(O)CCc2ccccc2C1. The van der Waals surface area contributed by atoms with Crippen molar-refractivity contribution in [3.8, 4) is 6.07 Å². The van der Waals surface area contributed by atoms with Crippen LogP contribution in [-0.4, -0.2) is 29.1 Å². The highest BCUT2D eigenvalue weighted by Gasteiger charge is 2.33. The quantitative estimate of drug-likeness (QED) is 0.731. The van der Waals surface area contributed by atoms with Crippen LogP contribution in [0.1, 0.15) is 23.1 Å². The molecule has 0 bridgehead atoms. The summed E-state index contributed by atoms with van der Waals surface area (Å²) in [5.41, 5.74) is 1.74. The smallest absolute Gasteiger partial charge is 0.313 e. The maximum atomic E-state index is 12.1. The Morgan fingerprint density at radius 2 is 1.77 bits per heavy atom. The van der Waals surface area contributed by atoms with Gasteiger partial charge in [0.2, 0.25) is 0 Å². The summed E-state index contributed by atoms with van der Waals surface area (Å²) in [6, 6.07) is 16.3. The van der Waals surface area contributed by atoms with Crippen LogP contribution < -0.4 is 10.6 Å². The first-order valence-corrected chi connectivity index (χ1v) is 8.38. The number of rotatable bonds is 3. The standard InChI is InChI=1S/C20H19N3O3/c21-12-16-7-3-4-8-17(16)23-19(25)18(24)22-13-20(26)10-9-14-5-1-2-6-15(14)11-20/h1-8,26H,9-11,13H2,(H,22,24)(H,23,25). The zero-order valence-electron chi connectivity index (χ0n) is 14.2. The van der Waals surface area contributed by atoms with E-state index in [1.54, 1.807) is 24.3 Å². The van der Waals surface area contributed by atoms with E-state index in [0.717, 1.165) is 12.0 Å². The summed E-state index contributed by atoms with van der Waals surface area (Å²) in [5.74, 6) is -1.71. The van der Waals surface area contributed by atoms with Crippen molar-refractivity contribution in [3.05, 3.63) is 65.2 Å². The number of aliphatic hydroxyl groups is 1. The van der Waals surface area contributed by atoms with Crippen molar-refractivity contribution in [3.63, 3.8) is 0 Å². The number of anilines is 1. The lowest BCUT2D eigenvalue weighted by atomic mass is 9.80. The molecule has 3 N–H and O–H groups in total. The normalized spacial score (nSPS) is 18.3. The van der Waals surface area contributed by atoms with E-state index in [4.69, 9.17) is 5.26 Å². The summed E-state index contributed by atoms with van der Waals surface area (Å²) in [6.07, 6.45) is 1.68. The first-order chi connectivity index (χ1) is 12.5. The highest BCUT2D eigenvalue weighted by molar-refractivity contribution is 6.39. The molecule has 0 aliphatic heterocycles. The van der Waals surface area contributed by atoms with Gasteiger partial charge in [-0.15, -0.1) is 0 Å². The fraction of sp³-hybridized carbons (Fsp3) is 0.250. The van der Waals surface area contributed by atoms with Gasteiger partial charge in [-0.3, -0.25) is 9.59 Å². The maximum Gasteiger partial charge on any atom is 0.313 e. The molecule has 0 aromatic heterocycles. The number of hydrogen-bond acceptors (Lipinski definition) is 4. The molecular weight excluding hydrogens is 330 g/mol. The fourth-order valence-corrected chi connectivity index (χ4v) is 3.13. The average Bonchev–Trinajstić information content (AvgIpc) is 2.66. The number of fused-ring (bicyclic) bond motifs is 1. The van der Waals surface area contributed by atoms with Crippen molar-refractivity contribution in [1.82, 2.24) is 5.32 Å². The molecular formula is C20H19N3O3. The molecule has 1 unspecified atom stereocenters. The fourth-order valence-electron chi connectivity index (χ4n) is 3.13. The molecule has 0 heterocycles. The van der Waals surface area contributed by atoms with E-state index in [1.807, 2.05) is 30.3 Å². The average molecular weight is 349 g/mol. The van der Waals surface area contributed by atoms with E-state index in [2.05, 4.69) is 10.6 Å². The van der Waals surface area contributed by atoms with E-state index in [9.17, 15) is 14.7 Å². The van der Waals surface area contributed by atoms with Gasteiger partial charge in [-0.25, -0.2) is 0 Å². The van der Waals surface area contributed by atoms with Crippen LogP contribution in [0.5, 0.6) is 0 Å². The molecule has 0 saturated carbocycles. The number of nitriles is 1. The highest BCUT2D eigenvalue weighted by atomic mass is 16.3. The number of aryl methyl sites for hydroxylation is 1. The van der Waals surface area contributed by atoms with Crippen LogP contribution in [0.4, 0.5) is 5.69 Å². The predicted octanol–water partition coefficient (Wildman–Crippen LogP) is 1.53. The molecule has 2 aromatic carbocycles. The summed E-state index contributed by atoms with van der Waals surface area (Å²) >= 11 is 0. The van der Waals surface area contributed by atoms with E-state index >= 15 is 0 Å². The Hall–Kier alpha value is -3.17. The number of amides is 2. The van der Waals surface area contributed by atoms with Crippen molar-refractivity contribution in [2.24, 2.45) is 0 Å². The molecule has 6 heteroatoms. The van der Waals surface area contributed by atoms with Gasteiger partial charge in [0.1, 0.15) is 6.07 Å². The van der Waals surface area contributed by atoms with Crippen LogP contribution in [-0.2, 0) is 22.4 Å². The summed E-state index contributed by atoms with van der Waals surface area (Å²) < 4.78 is 0. The third-order valence-corrected chi connectivity index (χ3v) is 4.58. The van der Waals surface area contributed by atoms with E-state index in [1.165, 1.54) is 5.56 Å². The Bertz CT molecular complexity index is 888. The largest absolute Gasteiger partial charge is 0.388 e. The molecule has 1 aliphatic carbocycles. The molecule has 3 rings (SSSR count). The molecule has 0 saturated heterocycles. The molecule has 26 heavy (non-hydrogen) atoms. The molecule has 6 nitrogen and oxygen atoms in total. The molecule has 0 fully saturated rings. The molecule has 132 valence electrons. The molecule has 1 aliphatic rings. The Labute approximate surface area is 151 Å². The summed E-state index contributed by atoms with van der Waals surface area (Å²) in [5, 5.41) is 24.7. The van der Waals surface area contributed by atoms with Gasteiger partial charge in [0, 0.05) is 13.0 Å². The second kappa shape index (κ2) is 7.38. The minimum Gasteiger partial charge on any atom is -0.388 e. The molecule has 0 radical (unpaired) electrons. The van der Waals surface area contributed by atoms with Crippen LogP contribution in [0.15, 0.2) is 48.5 Å². The molecule has 2 aromatic rings. The molecule has 1 atom stereocenters. The number of para-hydroxylation sites is 1. The van der Waals surface area contributed by atoms with Gasteiger partial charge in [-0.2, -0.15) is 5.26 Å². The van der Waals surface area contributed by atoms with Gasteiger partial charge in [0.05, 0.1) is 16.9 Å². The third kappa shape index (κ3) is 3.90. The zero-order chi connectivity index (χ0) is 18.6. The number of nitrogens with one attached hydrogen (secondary N) is 2. The topological polar surface area (TPSA) is 102 Å². The van der Waals surface area contributed by atoms with Gasteiger partial charge in [-0.05, 0) is 36.1 Å². The van der Waals surface area contributed by atoms with Gasteiger partial charge in [0.25, 0.3) is 0 Å². The number of carbonyl (C=O) groups excluding carboxylic acids is 2. The van der Waals surface area contributed by atoms with Crippen molar-refractivity contribution >= 4 is 17.5 Å². The lowest BCUT2D eigenvalue weighted by Gasteiger charge is -2.33. The number of benzene rings is 2. The van der Waals surface area contributed by atoms with E-state index < -0.39 is 17.4 Å². The van der Waals surface area contributed by atoms with Crippen LogP contribution >= 0.6 is 0 Å². The molecule has 0 spiro atoms. The second-order valence-corrected chi connectivity index (χ2v) is 6.46. The second-order valence-electron chi connectivity index (χ2n) is 6.46. The van der Waals surface area contributed by atoms with Crippen molar-refractivity contribution in [1.29, 1.82) is 5.26 Å². The lowest BCUT2D eigenvalue weighted by molar-refractivity contribution is -0.136. The van der Waals surface area contributed by atoms with Crippen LogP contribution in [0.25, 0.3) is 0 Å². The number of nitrogens with zero attached hydrogens (tertiary/aromatic N) is 1. The first-order valence-electron chi connectivity index (χ1n) is 8.38. The van der Waals surface area contributed by atoms with Gasteiger partial charge >= 0.3 is 11.8 Å². The number of carbonyl (C=O) groups is 2. The lowest BCUT2D eigenvalue weighted by Crippen LogP contribution is -2.49. The van der Waals surface area contributed by atoms with Crippen molar-refractivity contribution in [2.45, 2.75) is 24.9 Å². The Morgan fingerprint density at radius 1 is 1.08 bits per heavy atom. The Kier molecular flexibility index (Phi) is 5.01. The van der Waals surface area contributed by atoms with Crippen molar-refractivity contribution < 1.29 is 14.7 Å². The molecule has 2 amide bonds. The summed E-state index contributed by atoms with van der Waals surface area (Å²) in [4.78, 5) is 24.1. The third-order valence-electron chi connectivity index (χ3n) is 4.58. The van der Waals surface area contributed by atoms with E-state index in [-0.39, 0.29) is 17.8 Å². The summed E-state index contributed by atoms with van der Waals surface area (Å²) in [6.45, 7) is -0.00646. The monoisotopic (exact) mass is 349 g/mol. The van der Waals surface area contributed by atoms with Crippen molar-refractivity contribution in [2.75, 3.05) is 11.9 Å². The van der Waals surface area contributed by atoms with Gasteiger partial charge in [-0.1, -0.05) is 36.4 Å². The summed E-state index contributed by atoms with van der Waals surface area (Å²) in [7, 11) is 0. The Morgan fingerprint density at radius 3 is 2.54 bits per heavy atom. The predicted molar refractivity (Wildman–Crippen MR) is 96.2 cm³/mol. The maximum absolute atomic E-state index is 12.1. The van der Waals surface area contributed by atoms with Gasteiger partial charge < -0.3 is 15.7 Å². The Balaban J connectivity index is 1.59. The highest BCUT2D eigenvalue weighted by Crippen LogP contribution is 2.28. The van der Waals surface area contributed by atoms with Crippen LogP contribution in [0.3, 0.4) is 0 Å². The van der Waals surface area contributed by atoms with Crippen LogP contribution in [0, 0.1) is 11.3 Å². The van der Waals surface area contributed by atoms with Crippen LogP contribution in [0.2, 0.25) is 0 Å². The number of hydrogen-bond donors (Lipinski definition) is 3. The van der Waals surface area contributed by atoms with Gasteiger partial charge in [0.15, 0.2) is 0 Å². The minimum atomic E-state index is -1.07. The zero-order valence-corrected chi connectivity index (χ0v) is 14.2. The first kappa shape index (κ1) is 17.6. The van der Waals surface area contributed by atoms with E-state index in [0.29, 0.717) is 12.8 Å².